The van der Waals surface area contributed by atoms with Crippen molar-refractivity contribution in [1.82, 2.24) is 0 Å². The van der Waals surface area contributed by atoms with Gasteiger partial charge in [-0.25, -0.2) is 0 Å². The van der Waals surface area contributed by atoms with Gasteiger partial charge in [-0.3, -0.25) is 0 Å². The molecular weight excluding hydrogens is 359 g/mol. The Hall–Kier alpha value is 0.902. The Morgan fingerprint density at radius 1 is 0.812 bits per heavy atom. The van der Waals surface area contributed by atoms with E-state index in [0.29, 0.717) is 6.86 Å². The van der Waals surface area contributed by atoms with Crippen molar-refractivity contribution in [3.05, 3.63) is 0 Å². The summed E-state index contributed by atoms with van der Waals surface area (Å²) in [7, 11) is 0. The Morgan fingerprint density at radius 3 is 1.31 bits per heavy atom. The quantitative estimate of drug-likeness (QED) is 0.400. The summed E-state index contributed by atoms with van der Waals surface area (Å²) in [6, 6.07) is 0. The topological polar surface area (TPSA) is 0 Å². The van der Waals surface area contributed by atoms with Crippen LogP contribution in [-0.2, 0) is 0 Å². The van der Waals surface area contributed by atoms with E-state index in [1.165, 1.54) is 0 Å². The third-order valence-corrected chi connectivity index (χ3v) is 25.9. The molecule has 0 saturated carbocycles. The SMILES string of the molecule is C[C](C)(C)[Sn]([CH3])([C]#[C][Ge]([CH3])([CH3])[CH3])[C](C)(C)C. The molecular formula is C14H30GeSn. The van der Waals surface area contributed by atoms with E-state index >= 15 is 0 Å². The Morgan fingerprint density at radius 2 is 1.12 bits per heavy atom. The first-order valence-corrected chi connectivity index (χ1v) is 20.7. The van der Waals surface area contributed by atoms with E-state index in [-0.39, 0.29) is 0 Å². The second-order valence-corrected chi connectivity index (χ2v) is 33.8. The molecule has 94 valence electrons. The van der Waals surface area contributed by atoms with Crippen molar-refractivity contribution in [3.8, 4) is 8.69 Å². The van der Waals surface area contributed by atoms with Crippen LogP contribution < -0.4 is 0 Å². The van der Waals surface area contributed by atoms with Crippen molar-refractivity contribution in [2.75, 3.05) is 0 Å². The molecule has 0 bridgehead atoms. The molecule has 0 radical (unpaired) electrons. The summed E-state index contributed by atoms with van der Waals surface area (Å²) < 4.78 is 8.41. The molecule has 0 aliphatic carbocycles. The molecule has 0 nitrogen and oxygen atoms in total. The molecule has 16 heavy (non-hydrogen) atoms. The van der Waals surface area contributed by atoms with Gasteiger partial charge in [0.15, 0.2) is 0 Å². The van der Waals surface area contributed by atoms with Crippen molar-refractivity contribution in [2.45, 2.75) is 70.6 Å². The standard InChI is InChI=1S/C5H9Ge.2C4H9.CH3.Sn/c1-5-6(2,3)4;2*1-4(2)3;;/h2-4H3;2*1-3H3;1H3;. The van der Waals surface area contributed by atoms with Crippen molar-refractivity contribution >= 4 is 31.6 Å². The summed E-state index contributed by atoms with van der Waals surface area (Å²) in [5, 5.41) is 0. The van der Waals surface area contributed by atoms with Gasteiger partial charge in [0.05, 0.1) is 0 Å². The van der Waals surface area contributed by atoms with E-state index in [9.17, 15) is 0 Å². The van der Waals surface area contributed by atoms with Gasteiger partial charge in [0.1, 0.15) is 0 Å². The Kier molecular flexibility index (Phi) is 5.15. The molecule has 0 heterocycles. The van der Waals surface area contributed by atoms with Crippen LogP contribution in [0.3, 0.4) is 0 Å². The molecule has 0 spiro atoms. The van der Waals surface area contributed by atoms with E-state index in [1.54, 1.807) is 0 Å². The van der Waals surface area contributed by atoms with Gasteiger partial charge >= 0.3 is 111 Å². The van der Waals surface area contributed by atoms with Crippen LogP contribution in [0.25, 0.3) is 0 Å². The summed E-state index contributed by atoms with van der Waals surface area (Å²) in [5.41, 5.74) is 0. The normalized spacial score (nSPS) is 14.4. The average Bonchev–Trinajstić information content (AvgIpc) is 1.93. The van der Waals surface area contributed by atoms with Gasteiger partial charge in [0.2, 0.25) is 0 Å². The second kappa shape index (κ2) is 4.88. The van der Waals surface area contributed by atoms with Gasteiger partial charge < -0.3 is 0 Å². The predicted octanol–water partition coefficient (Wildman–Crippen LogP) is 5.09. The predicted molar refractivity (Wildman–Crippen MR) is 82.2 cm³/mol. The Bertz CT molecular complexity index is 285. The Balaban J connectivity index is 5.54. The van der Waals surface area contributed by atoms with Crippen LogP contribution in [0.1, 0.15) is 41.5 Å². The summed E-state index contributed by atoms with van der Waals surface area (Å²) >= 11 is -4.13. The van der Waals surface area contributed by atoms with E-state index in [1.807, 2.05) is 0 Å². The molecule has 0 atom stereocenters. The minimum atomic E-state index is -2.42. The van der Waals surface area contributed by atoms with Crippen LogP contribution in [-0.4, -0.2) is 31.6 Å². The van der Waals surface area contributed by atoms with Crippen molar-refractivity contribution < 1.29 is 0 Å². The number of rotatable bonds is 0. The van der Waals surface area contributed by atoms with Crippen LogP contribution in [0.15, 0.2) is 0 Å². The molecule has 2 heteroatoms. The van der Waals surface area contributed by atoms with Crippen molar-refractivity contribution in [3.63, 3.8) is 0 Å². The van der Waals surface area contributed by atoms with Crippen molar-refractivity contribution in [1.29, 1.82) is 0 Å². The molecule has 0 rings (SSSR count). The fourth-order valence-corrected chi connectivity index (χ4v) is 21.0. The van der Waals surface area contributed by atoms with Gasteiger partial charge in [0.25, 0.3) is 0 Å². The van der Waals surface area contributed by atoms with E-state index < -0.39 is 31.6 Å². The Labute approximate surface area is 110 Å². The molecule has 0 N–H and O–H groups in total. The van der Waals surface area contributed by atoms with Crippen LogP contribution in [0, 0.1) is 8.69 Å². The van der Waals surface area contributed by atoms with E-state index in [2.05, 4.69) is 72.4 Å². The fourth-order valence-electron chi connectivity index (χ4n) is 1.81. The first-order valence-electron chi connectivity index (χ1n) is 6.25. The van der Waals surface area contributed by atoms with E-state index in [4.69, 9.17) is 0 Å². The molecule has 0 aromatic carbocycles. The molecule has 0 unspecified atom stereocenters. The monoisotopic (exact) mass is 392 g/mol. The molecule has 0 saturated heterocycles. The molecule has 0 aromatic heterocycles. The molecule has 0 aliphatic rings. The molecule has 0 amide bonds. The summed E-state index contributed by atoms with van der Waals surface area (Å²) in [5.74, 6) is 7.18. The van der Waals surface area contributed by atoms with Gasteiger partial charge in [-0.15, -0.1) is 0 Å². The maximum absolute atomic E-state index is 3.86. The maximum atomic E-state index is 3.86. The molecule has 0 aliphatic heterocycles. The molecule has 0 aromatic rings. The summed E-state index contributed by atoms with van der Waals surface area (Å²) in [6.45, 7) is 14.4. The number of hydrogen-bond acceptors (Lipinski definition) is 0. The summed E-state index contributed by atoms with van der Waals surface area (Å²) in [6.07, 6.45) is 0. The van der Waals surface area contributed by atoms with Gasteiger partial charge in [-0.05, 0) is 0 Å². The van der Waals surface area contributed by atoms with Crippen LogP contribution in [0.2, 0.25) is 29.1 Å². The number of hydrogen-bond donors (Lipinski definition) is 0. The van der Waals surface area contributed by atoms with Crippen molar-refractivity contribution in [2.24, 2.45) is 0 Å². The van der Waals surface area contributed by atoms with E-state index in [0.717, 1.165) is 0 Å². The zero-order valence-corrected chi connectivity index (χ0v) is 18.0. The van der Waals surface area contributed by atoms with Gasteiger partial charge in [-0.2, -0.15) is 0 Å². The third-order valence-electron chi connectivity index (χ3n) is 3.69. The van der Waals surface area contributed by atoms with Gasteiger partial charge in [-0.1, -0.05) is 0 Å². The average molecular weight is 390 g/mol. The first-order chi connectivity index (χ1) is 6.71. The van der Waals surface area contributed by atoms with Crippen LogP contribution >= 0.6 is 0 Å². The first kappa shape index (κ1) is 16.9. The minimum absolute atomic E-state index is 0.424. The zero-order chi connectivity index (χ0) is 13.4. The fraction of sp³-hybridized carbons (Fsp3) is 0.857. The second-order valence-electron chi connectivity index (χ2n) is 8.12. The summed E-state index contributed by atoms with van der Waals surface area (Å²) in [4.78, 5) is 2.54. The zero-order valence-electron chi connectivity index (χ0n) is 13.0. The van der Waals surface area contributed by atoms with Crippen LogP contribution in [0.4, 0.5) is 0 Å². The third kappa shape index (κ3) is 4.29. The molecule has 0 fully saturated rings. The van der Waals surface area contributed by atoms with Gasteiger partial charge in [0, 0.05) is 0 Å². The van der Waals surface area contributed by atoms with Crippen LogP contribution in [0.5, 0.6) is 0 Å².